The number of hydrogen-bond donors (Lipinski definition) is 4. The first kappa shape index (κ1) is 13.4. The van der Waals surface area contributed by atoms with E-state index in [0.29, 0.717) is 12.2 Å². The molecule has 6 nitrogen and oxygen atoms in total. The molecule has 2 atom stereocenters. The molecule has 1 aliphatic heterocycles. The highest BCUT2D eigenvalue weighted by Crippen LogP contribution is 2.30. The molecule has 0 bridgehead atoms. The van der Waals surface area contributed by atoms with Crippen molar-refractivity contribution in [1.29, 1.82) is 0 Å². The van der Waals surface area contributed by atoms with Crippen molar-refractivity contribution in [1.82, 2.24) is 10.2 Å². The van der Waals surface area contributed by atoms with E-state index in [9.17, 15) is 10.2 Å². The second kappa shape index (κ2) is 4.89. The van der Waals surface area contributed by atoms with Crippen molar-refractivity contribution in [3.63, 3.8) is 0 Å². The second-order valence-electron chi connectivity index (χ2n) is 4.48. The number of hydrogen-bond acceptors (Lipinski definition) is 6. The molecule has 104 valence electrons. The highest BCUT2D eigenvalue weighted by atomic mass is 16.5. The molecule has 1 aliphatic rings. The van der Waals surface area contributed by atoms with Crippen LogP contribution in [0.25, 0.3) is 0 Å². The summed E-state index contributed by atoms with van der Waals surface area (Å²) in [5.74, 6) is -1.25. The van der Waals surface area contributed by atoms with Crippen molar-refractivity contribution >= 4 is 0 Å². The SMILES string of the molecule is CCC(N)C1(Oc2ccccc2)NC(O)=C(O)N1C. The third-order valence-corrected chi connectivity index (χ3v) is 3.28. The van der Waals surface area contributed by atoms with Gasteiger partial charge in [0.1, 0.15) is 5.75 Å². The minimum Gasteiger partial charge on any atom is -0.491 e. The fraction of sp³-hybridized carbons (Fsp3) is 0.385. The van der Waals surface area contributed by atoms with Crippen molar-refractivity contribution in [2.45, 2.75) is 25.2 Å². The van der Waals surface area contributed by atoms with Gasteiger partial charge in [-0.3, -0.25) is 10.2 Å². The van der Waals surface area contributed by atoms with Crippen LogP contribution in [0, 0.1) is 0 Å². The molecule has 0 saturated carbocycles. The van der Waals surface area contributed by atoms with Crippen molar-refractivity contribution in [3.05, 3.63) is 42.1 Å². The van der Waals surface area contributed by atoms with Gasteiger partial charge in [-0.2, -0.15) is 0 Å². The van der Waals surface area contributed by atoms with Crippen molar-refractivity contribution < 1.29 is 14.9 Å². The molecular weight excluding hydrogens is 246 g/mol. The van der Waals surface area contributed by atoms with Crippen LogP contribution in [-0.2, 0) is 0 Å². The first-order valence-electron chi connectivity index (χ1n) is 6.15. The summed E-state index contributed by atoms with van der Waals surface area (Å²) in [5.41, 5.74) is 6.10. The Labute approximate surface area is 112 Å². The summed E-state index contributed by atoms with van der Waals surface area (Å²) in [5, 5.41) is 22.2. The molecule has 0 aromatic heterocycles. The normalized spacial score (nSPS) is 24.3. The topological polar surface area (TPSA) is 91.0 Å². The third-order valence-electron chi connectivity index (χ3n) is 3.28. The summed E-state index contributed by atoms with van der Waals surface area (Å²) in [6.07, 6.45) is 0.602. The predicted octanol–water partition coefficient (Wildman–Crippen LogP) is 1.23. The minimum atomic E-state index is -1.20. The van der Waals surface area contributed by atoms with Gasteiger partial charge in [-0.25, -0.2) is 0 Å². The van der Waals surface area contributed by atoms with Crippen molar-refractivity contribution in [2.75, 3.05) is 7.05 Å². The molecular formula is C13H19N3O3. The largest absolute Gasteiger partial charge is 0.491 e. The number of nitrogens with one attached hydrogen (secondary N) is 1. The van der Waals surface area contributed by atoms with Crippen LogP contribution in [0.1, 0.15) is 13.3 Å². The van der Waals surface area contributed by atoms with Gasteiger partial charge in [0, 0.05) is 7.05 Å². The fourth-order valence-corrected chi connectivity index (χ4v) is 2.08. The number of benzene rings is 1. The molecule has 0 spiro atoms. The van der Waals surface area contributed by atoms with E-state index >= 15 is 0 Å². The van der Waals surface area contributed by atoms with Crippen LogP contribution < -0.4 is 15.8 Å². The molecule has 0 radical (unpaired) electrons. The van der Waals surface area contributed by atoms with E-state index in [1.807, 2.05) is 25.1 Å². The number of aliphatic hydroxyl groups excluding tert-OH is 2. The third kappa shape index (κ3) is 2.15. The molecule has 0 fully saturated rings. The number of ether oxygens (including phenoxy) is 1. The van der Waals surface area contributed by atoms with Crippen LogP contribution in [0.15, 0.2) is 42.1 Å². The molecule has 0 aliphatic carbocycles. The van der Waals surface area contributed by atoms with Crippen molar-refractivity contribution in [2.24, 2.45) is 5.73 Å². The van der Waals surface area contributed by atoms with E-state index in [1.54, 1.807) is 19.2 Å². The first-order valence-corrected chi connectivity index (χ1v) is 6.15. The monoisotopic (exact) mass is 265 g/mol. The number of likely N-dealkylation sites (N-methyl/N-ethyl adjacent to an activating group) is 1. The Kier molecular flexibility index (Phi) is 3.44. The van der Waals surface area contributed by atoms with Crippen LogP contribution in [0.2, 0.25) is 0 Å². The maximum absolute atomic E-state index is 9.78. The lowest BCUT2D eigenvalue weighted by atomic mass is 10.1. The molecule has 1 aromatic rings. The van der Waals surface area contributed by atoms with Gasteiger partial charge >= 0.3 is 0 Å². The molecule has 1 heterocycles. The zero-order valence-electron chi connectivity index (χ0n) is 11.0. The summed E-state index contributed by atoms with van der Waals surface area (Å²) >= 11 is 0. The van der Waals surface area contributed by atoms with Gasteiger partial charge in [0.25, 0.3) is 17.6 Å². The van der Waals surface area contributed by atoms with Gasteiger partial charge < -0.3 is 20.7 Å². The van der Waals surface area contributed by atoms with Gasteiger partial charge in [0.15, 0.2) is 0 Å². The number of para-hydroxylation sites is 1. The Morgan fingerprint density at radius 2 is 2.00 bits per heavy atom. The lowest BCUT2D eigenvalue weighted by Crippen LogP contribution is -2.66. The second-order valence-corrected chi connectivity index (χ2v) is 4.48. The molecule has 0 saturated heterocycles. The average molecular weight is 265 g/mol. The van der Waals surface area contributed by atoms with E-state index in [0.717, 1.165) is 0 Å². The lowest BCUT2D eigenvalue weighted by Gasteiger charge is -2.40. The number of aliphatic hydroxyl groups is 2. The first-order chi connectivity index (χ1) is 9.01. The fourth-order valence-electron chi connectivity index (χ4n) is 2.08. The van der Waals surface area contributed by atoms with Crippen LogP contribution in [0.3, 0.4) is 0 Å². The van der Waals surface area contributed by atoms with Gasteiger partial charge in [-0.1, -0.05) is 25.1 Å². The summed E-state index contributed by atoms with van der Waals surface area (Å²) in [6, 6.07) is 8.66. The van der Waals surface area contributed by atoms with Crippen LogP contribution in [-0.4, -0.2) is 34.1 Å². The Morgan fingerprint density at radius 3 is 2.47 bits per heavy atom. The standard InChI is InChI=1S/C13H19N3O3/c1-3-10(14)13(15-11(17)12(18)16(13)2)19-9-7-5-4-6-8-9/h4-8,10,15,17-18H,3,14H2,1-2H3. The van der Waals surface area contributed by atoms with Gasteiger partial charge in [-0.15, -0.1) is 0 Å². The zero-order chi connectivity index (χ0) is 14.0. The number of rotatable bonds is 4. The summed E-state index contributed by atoms with van der Waals surface area (Å²) in [7, 11) is 1.60. The minimum absolute atomic E-state index is 0.292. The lowest BCUT2D eigenvalue weighted by molar-refractivity contribution is -0.0935. The van der Waals surface area contributed by atoms with Crippen molar-refractivity contribution in [3.8, 4) is 5.75 Å². The maximum atomic E-state index is 9.78. The molecule has 6 heteroatoms. The Hall–Kier alpha value is -2.08. The van der Waals surface area contributed by atoms with E-state index in [1.165, 1.54) is 4.90 Å². The predicted molar refractivity (Wildman–Crippen MR) is 71.2 cm³/mol. The highest BCUT2D eigenvalue weighted by Gasteiger charge is 2.50. The van der Waals surface area contributed by atoms with Crippen LogP contribution in [0.5, 0.6) is 5.75 Å². The average Bonchev–Trinajstić information content (AvgIpc) is 2.64. The number of nitrogens with zero attached hydrogens (tertiary/aromatic N) is 1. The highest BCUT2D eigenvalue weighted by molar-refractivity contribution is 5.24. The zero-order valence-corrected chi connectivity index (χ0v) is 11.0. The molecule has 0 amide bonds. The van der Waals surface area contributed by atoms with E-state index in [-0.39, 0.29) is 11.8 Å². The van der Waals surface area contributed by atoms with E-state index in [4.69, 9.17) is 10.5 Å². The Balaban J connectivity index is 2.33. The summed E-state index contributed by atoms with van der Waals surface area (Å²) < 4.78 is 5.90. The van der Waals surface area contributed by atoms with Gasteiger partial charge in [0.05, 0.1) is 6.04 Å². The van der Waals surface area contributed by atoms with Crippen LogP contribution in [0.4, 0.5) is 0 Å². The molecule has 5 N–H and O–H groups in total. The number of nitrogens with two attached hydrogens (primary N) is 1. The summed E-state index contributed by atoms with van der Waals surface area (Å²) in [4.78, 5) is 1.39. The van der Waals surface area contributed by atoms with E-state index < -0.39 is 11.9 Å². The quantitative estimate of drug-likeness (QED) is 0.654. The molecule has 2 rings (SSSR count). The Bertz CT molecular complexity index is 477. The van der Waals surface area contributed by atoms with E-state index in [2.05, 4.69) is 5.32 Å². The molecule has 2 unspecified atom stereocenters. The van der Waals surface area contributed by atoms with Gasteiger partial charge in [0.2, 0.25) is 0 Å². The van der Waals surface area contributed by atoms with Crippen LogP contribution >= 0.6 is 0 Å². The maximum Gasteiger partial charge on any atom is 0.281 e. The molecule has 19 heavy (non-hydrogen) atoms. The Morgan fingerprint density at radius 1 is 1.37 bits per heavy atom. The smallest absolute Gasteiger partial charge is 0.281 e. The van der Waals surface area contributed by atoms with Gasteiger partial charge in [-0.05, 0) is 18.6 Å². The summed E-state index contributed by atoms with van der Waals surface area (Å²) in [6.45, 7) is 1.91. The molecule has 1 aromatic carbocycles.